The van der Waals surface area contributed by atoms with Gasteiger partial charge in [-0.2, -0.15) is 0 Å². The lowest BCUT2D eigenvalue weighted by Gasteiger charge is -2.14. The van der Waals surface area contributed by atoms with Crippen molar-refractivity contribution in [3.63, 3.8) is 0 Å². The first kappa shape index (κ1) is 13.0. The molecule has 0 aliphatic rings. The lowest BCUT2D eigenvalue weighted by Crippen LogP contribution is -2.03. The van der Waals surface area contributed by atoms with Gasteiger partial charge in [0.2, 0.25) is 0 Å². The smallest absolute Gasteiger partial charge is 0.122 e. The quantitative estimate of drug-likeness (QED) is 0.800. The third-order valence-corrected chi connectivity index (χ3v) is 2.62. The number of aliphatic hydroxyl groups excluding tert-OH is 1. The van der Waals surface area contributed by atoms with Crippen LogP contribution in [0.2, 0.25) is 0 Å². The molecule has 0 aromatic heterocycles. The van der Waals surface area contributed by atoms with Gasteiger partial charge in [-0.15, -0.1) is 0 Å². The SMILES string of the molecule is CCCc1ccc([C](C)CO)cc1OCC. The largest absolute Gasteiger partial charge is 0.494 e. The van der Waals surface area contributed by atoms with Crippen molar-refractivity contribution < 1.29 is 9.84 Å². The van der Waals surface area contributed by atoms with Gasteiger partial charge < -0.3 is 9.84 Å². The number of rotatable bonds is 6. The molecule has 0 aliphatic carbocycles. The van der Waals surface area contributed by atoms with E-state index in [4.69, 9.17) is 9.84 Å². The van der Waals surface area contributed by atoms with Gasteiger partial charge in [-0.1, -0.05) is 32.4 Å². The van der Waals surface area contributed by atoms with E-state index in [1.54, 1.807) is 0 Å². The summed E-state index contributed by atoms with van der Waals surface area (Å²) < 4.78 is 5.63. The van der Waals surface area contributed by atoms with Crippen LogP contribution in [0.1, 0.15) is 38.3 Å². The van der Waals surface area contributed by atoms with Gasteiger partial charge >= 0.3 is 0 Å². The highest BCUT2D eigenvalue weighted by Gasteiger charge is 2.09. The van der Waals surface area contributed by atoms with Gasteiger partial charge in [0, 0.05) is 5.92 Å². The third kappa shape index (κ3) is 3.24. The van der Waals surface area contributed by atoms with Crippen LogP contribution in [0.3, 0.4) is 0 Å². The molecule has 0 amide bonds. The monoisotopic (exact) mass is 221 g/mol. The normalized spacial score (nSPS) is 10.8. The summed E-state index contributed by atoms with van der Waals surface area (Å²) in [5.41, 5.74) is 2.31. The van der Waals surface area contributed by atoms with Crippen molar-refractivity contribution in [1.29, 1.82) is 0 Å². The van der Waals surface area contributed by atoms with Crippen LogP contribution in [0.15, 0.2) is 18.2 Å². The molecule has 0 unspecified atom stereocenters. The van der Waals surface area contributed by atoms with Crippen molar-refractivity contribution in [2.75, 3.05) is 13.2 Å². The van der Waals surface area contributed by atoms with Gasteiger partial charge in [-0.05, 0) is 30.5 Å². The molecule has 16 heavy (non-hydrogen) atoms. The van der Waals surface area contributed by atoms with E-state index >= 15 is 0 Å². The second-order valence-corrected chi connectivity index (χ2v) is 3.94. The predicted octanol–water partition coefficient (Wildman–Crippen LogP) is 2.97. The fourth-order valence-electron chi connectivity index (χ4n) is 1.68. The van der Waals surface area contributed by atoms with Crippen LogP contribution >= 0.6 is 0 Å². The van der Waals surface area contributed by atoms with Gasteiger partial charge in [0.15, 0.2) is 0 Å². The first-order valence-electron chi connectivity index (χ1n) is 5.92. The molecule has 89 valence electrons. The van der Waals surface area contributed by atoms with Gasteiger partial charge in [-0.3, -0.25) is 0 Å². The second kappa shape index (κ2) is 6.54. The molecule has 1 rings (SSSR count). The van der Waals surface area contributed by atoms with Crippen LogP contribution in [-0.4, -0.2) is 18.3 Å². The maximum Gasteiger partial charge on any atom is 0.122 e. The zero-order valence-corrected chi connectivity index (χ0v) is 10.4. The van der Waals surface area contributed by atoms with E-state index in [-0.39, 0.29) is 6.61 Å². The van der Waals surface area contributed by atoms with E-state index in [9.17, 15) is 0 Å². The zero-order chi connectivity index (χ0) is 12.0. The van der Waals surface area contributed by atoms with Crippen LogP contribution in [0.4, 0.5) is 0 Å². The minimum atomic E-state index is 0.0959. The fraction of sp³-hybridized carbons (Fsp3) is 0.500. The van der Waals surface area contributed by atoms with E-state index in [1.165, 1.54) is 5.56 Å². The first-order chi connectivity index (χ1) is 7.72. The summed E-state index contributed by atoms with van der Waals surface area (Å²) in [7, 11) is 0. The summed E-state index contributed by atoms with van der Waals surface area (Å²) in [4.78, 5) is 0. The van der Waals surface area contributed by atoms with Crippen molar-refractivity contribution in [1.82, 2.24) is 0 Å². The van der Waals surface area contributed by atoms with E-state index in [0.717, 1.165) is 30.1 Å². The van der Waals surface area contributed by atoms with Crippen LogP contribution in [-0.2, 0) is 6.42 Å². The lowest BCUT2D eigenvalue weighted by molar-refractivity contribution is 0.314. The third-order valence-electron chi connectivity index (χ3n) is 2.62. The molecule has 2 heteroatoms. The minimum Gasteiger partial charge on any atom is -0.494 e. The Kier molecular flexibility index (Phi) is 5.33. The fourth-order valence-corrected chi connectivity index (χ4v) is 1.68. The molecule has 0 saturated carbocycles. The predicted molar refractivity (Wildman–Crippen MR) is 66.7 cm³/mol. The Hall–Kier alpha value is -1.02. The average Bonchev–Trinajstić information content (AvgIpc) is 2.31. The Labute approximate surface area is 98.3 Å². The molecule has 1 aromatic carbocycles. The Morgan fingerprint density at radius 1 is 1.31 bits per heavy atom. The Morgan fingerprint density at radius 3 is 2.62 bits per heavy atom. The molecule has 0 bridgehead atoms. The molecule has 0 heterocycles. The molecule has 0 aliphatic heterocycles. The zero-order valence-electron chi connectivity index (χ0n) is 10.4. The summed E-state index contributed by atoms with van der Waals surface area (Å²) in [6.45, 7) is 6.86. The van der Waals surface area contributed by atoms with Crippen molar-refractivity contribution in [3.05, 3.63) is 35.2 Å². The second-order valence-electron chi connectivity index (χ2n) is 3.94. The summed E-state index contributed by atoms with van der Waals surface area (Å²) in [5, 5.41) is 9.10. The lowest BCUT2D eigenvalue weighted by atomic mass is 9.98. The number of aryl methyl sites for hydroxylation is 1. The molecular weight excluding hydrogens is 200 g/mol. The van der Waals surface area contributed by atoms with Crippen LogP contribution in [0.25, 0.3) is 0 Å². The molecule has 1 aromatic rings. The van der Waals surface area contributed by atoms with Gasteiger partial charge in [0.05, 0.1) is 13.2 Å². The van der Waals surface area contributed by atoms with Gasteiger partial charge in [-0.25, -0.2) is 0 Å². The van der Waals surface area contributed by atoms with Crippen molar-refractivity contribution >= 4 is 0 Å². The maximum atomic E-state index is 9.10. The standard InChI is InChI=1S/C14H21O2/c1-4-6-12-7-8-13(11(3)10-15)9-14(12)16-5-2/h7-9,15H,4-6,10H2,1-3H3. The van der Waals surface area contributed by atoms with Crippen LogP contribution in [0.5, 0.6) is 5.75 Å². The van der Waals surface area contributed by atoms with Crippen LogP contribution in [0, 0.1) is 5.92 Å². The number of hydrogen-bond donors (Lipinski definition) is 1. The summed E-state index contributed by atoms with van der Waals surface area (Å²) in [6, 6.07) is 6.18. The van der Waals surface area contributed by atoms with Gasteiger partial charge in [0.1, 0.15) is 5.75 Å². The number of aliphatic hydroxyl groups is 1. The molecule has 0 saturated heterocycles. The Balaban J connectivity index is 2.96. The number of hydrogen-bond acceptors (Lipinski definition) is 2. The minimum absolute atomic E-state index is 0.0959. The van der Waals surface area contributed by atoms with Crippen LogP contribution < -0.4 is 4.74 Å². The van der Waals surface area contributed by atoms with E-state index in [0.29, 0.717) is 6.61 Å². The summed E-state index contributed by atoms with van der Waals surface area (Å²) in [5.74, 6) is 1.93. The number of ether oxygens (including phenoxy) is 1. The molecule has 0 spiro atoms. The van der Waals surface area contributed by atoms with Crippen molar-refractivity contribution in [3.8, 4) is 5.75 Å². The van der Waals surface area contributed by atoms with Crippen molar-refractivity contribution in [2.45, 2.75) is 33.6 Å². The first-order valence-corrected chi connectivity index (χ1v) is 5.92. The molecule has 0 atom stereocenters. The summed E-state index contributed by atoms with van der Waals surface area (Å²) >= 11 is 0. The maximum absolute atomic E-state index is 9.10. The topological polar surface area (TPSA) is 29.5 Å². The highest BCUT2D eigenvalue weighted by Crippen LogP contribution is 2.25. The Morgan fingerprint density at radius 2 is 2.06 bits per heavy atom. The van der Waals surface area contributed by atoms with E-state index in [2.05, 4.69) is 19.1 Å². The molecule has 1 radical (unpaired) electrons. The highest BCUT2D eigenvalue weighted by atomic mass is 16.5. The molecule has 1 N–H and O–H groups in total. The molecule has 2 nitrogen and oxygen atoms in total. The van der Waals surface area contributed by atoms with E-state index < -0.39 is 0 Å². The van der Waals surface area contributed by atoms with E-state index in [1.807, 2.05) is 19.9 Å². The van der Waals surface area contributed by atoms with Crippen molar-refractivity contribution in [2.24, 2.45) is 0 Å². The number of benzene rings is 1. The molecule has 0 fully saturated rings. The average molecular weight is 221 g/mol. The highest BCUT2D eigenvalue weighted by molar-refractivity contribution is 5.42. The molecular formula is C14H21O2. The summed E-state index contributed by atoms with van der Waals surface area (Å²) in [6.07, 6.45) is 2.15. The van der Waals surface area contributed by atoms with Gasteiger partial charge in [0.25, 0.3) is 0 Å². The Bertz CT molecular complexity index is 321.